The molecule has 2 heteroatoms. The summed E-state index contributed by atoms with van der Waals surface area (Å²) in [7, 11) is 1.65. The summed E-state index contributed by atoms with van der Waals surface area (Å²) in [6.07, 6.45) is 11.4. The molecular formula is C17H26O2. The molecule has 1 aromatic rings. The minimum absolute atomic E-state index is 0.819. The minimum atomic E-state index is 0.819. The number of ether oxygens (including phenoxy) is 2. The van der Waals surface area contributed by atoms with Gasteiger partial charge >= 0.3 is 0 Å². The molecule has 0 heterocycles. The largest absolute Gasteiger partial charge is 0.504 e. The second-order valence-electron chi connectivity index (χ2n) is 4.72. The van der Waals surface area contributed by atoms with E-state index < -0.39 is 0 Å². The lowest BCUT2D eigenvalue weighted by atomic mass is 10.1. The van der Waals surface area contributed by atoms with Gasteiger partial charge in [0.1, 0.15) is 5.75 Å². The van der Waals surface area contributed by atoms with Crippen LogP contribution in [0.25, 0.3) is 6.08 Å². The van der Waals surface area contributed by atoms with Crippen LogP contribution in [0.2, 0.25) is 0 Å². The van der Waals surface area contributed by atoms with E-state index in [1.165, 1.54) is 32.1 Å². The van der Waals surface area contributed by atoms with Crippen LogP contribution in [-0.2, 0) is 4.74 Å². The quantitative estimate of drug-likeness (QED) is 0.434. The lowest BCUT2D eigenvalue weighted by Crippen LogP contribution is -1.97. The molecule has 0 radical (unpaired) electrons. The SMILES string of the molecule is CCCCCCCCOc1ccc(/C=C/OC)cc1. The third-order valence-electron chi connectivity index (χ3n) is 3.04. The maximum Gasteiger partial charge on any atom is 0.119 e. The van der Waals surface area contributed by atoms with E-state index in [0.717, 1.165) is 24.3 Å². The summed E-state index contributed by atoms with van der Waals surface area (Å²) in [5, 5.41) is 0. The smallest absolute Gasteiger partial charge is 0.119 e. The Labute approximate surface area is 117 Å². The van der Waals surface area contributed by atoms with Gasteiger partial charge in [0.25, 0.3) is 0 Å². The molecule has 0 bridgehead atoms. The highest BCUT2D eigenvalue weighted by atomic mass is 16.5. The maximum atomic E-state index is 5.72. The van der Waals surface area contributed by atoms with Gasteiger partial charge in [-0.25, -0.2) is 0 Å². The van der Waals surface area contributed by atoms with Gasteiger partial charge in [0.05, 0.1) is 20.0 Å². The Morgan fingerprint density at radius 1 is 0.947 bits per heavy atom. The van der Waals surface area contributed by atoms with Crippen molar-refractivity contribution in [2.75, 3.05) is 13.7 Å². The first kappa shape index (κ1) is 15.6. The molecule has 0 amide bonds. The highest BCUT2D eigenvalue weighted by Gasteiger charge is 1.94. The fraction of sp³-hybridized carbons (Fsp3) is 0.529. The van der Waals surface area contributed by atoms with Gasteiger partial charge in [0.15, 0.2) is 0 Å². The molecule has 1 rings (SSSR count). The first-order valence-corrected chi connectivity index (χ1v) is 7.29. The molecule has 0 fully saturated rings. The number of benzene rings is 1. The number of unbranched alkanes of at least 4 members (excludes halogenated alkanes) is 5. The van der Waals surface area contributed by atoms with Crippen molar-refractivity contribution >= 4 is 6.08 Å². The lowest BCUT2D eigenvalue weighted by molar-refractivity contribution is 0.304. The van der Waals surface area contributed by atoms with E-state index in [9.17, 15) is 0 Å². The van der Waals surface area contributed by atoms with Crippen molar-refractivity contribution in [3.05, 3.63) is 36.1 Å². The van der Waals surface area contributed by atoms with Crippen molar-refractivity contribution in [1.82, 2.24) is 0 Å². The van der Waals surface area contributed by atoms with Crippen LogP contribution >= 0.6 is 0 Å². The fourth-order valence-corrected chi connectivity index (χ4v) is 1.89. The Bertz CT molecular complexity index is 341. The second kappa shape index (κ2) is 10.5. The average Bonchev–Trinajstić information content (AvgIpc) is 2.45. The molecule has 1 aromatic carbocycles. The summed E-state index contributed by atoms with van der Waals surface area (Å²) in [4.78, 5) is 0. The number of hydrogen-bond donors (Lipinski definition) is 0. The summed E-state index contributed by atoms with van der Waals surface area (Å²) >= 11 is 0. The van der Waals surface area contributed by atoms with Crippen molar-refractivity contribution in [2.24, 2.45) is 0 Å². The molecule has 0 saturated heterocycles. The van der Waals surface area contributed by atoms with Gasteiger partial charge in [-0.05, 0) is 30.2 Å². The van der Waals surface area contributed by atoms with Gasteiger partial charge in [0, 0.05) is 0 Å². The summed E-state index contributed by atoms with van der Waals surface area (Å²) < 4.78 is 10.6. The van der Waals surface area contributed by atoms with Crippen LogP contribution in [0.4, 0.5) is 0 Å². The molecule has 0 spiro atoms. The van der Waals surface area contributed by atoms with E-state index in [-0.39, 0.29) is 0 Å². The molecule has 0 aliphatic heterocycles. The topological polar surface area (TPSA) is 18.5 Å². The predicted molar refractivity (Wildman–Crippen MR) is 81.4 cm³/mol. The Morgan fingerprint density at radius 2 is 1.63 bits per heavy atom. The van der Waals surface area contributed by atoms with Crippen LogP contribution in [0.5, 0.6) is 5.75 Å². The average molecular weight is 262 g/mol. The fourth-order valence-electron chi connectivity index (χ4n) is 1.89. The molecule has 0 aromatic heterocycles. The molecule has 0 saturated carbocycles. The third kappa shape index (κ3) is 7.55. The zero-order valence-electron chi connectivity index (χ0n) is 12.2. The Morgan fingerprint density at radius 3 is 2.32 bits per heavy atom. The molecule has 0 aliphatic rings. The first-order valence-electron chi connectivity index (χ1n) is 7.29. The van der Waals surface area contributed by atoms with E-state index in [1.54, 1.807) is 13.4 Å². The van der Waals surface area contributed by atoms with Gasteiger partial charge in [-0.15, -0.1) is 0 Å². The molecule has 0 N–H and O–H groups in total. The highest BCUT2D eigenvalue weighted by molar-refractivity contribution is 5.49. The third-order valence-corrected chi connectivity index (χ3v) is 3.04. The second-order valence-corrected chi connectivity index (χ2v) is 4.72. The van der Waals surface area contributed by atoms with Crippen molar-refractivity contribution in [1.29, 1.82) is 0 Å². The molecule has 19 heavy (non-hydrogen) atoms. The van der Waals surface area contributed by atoms with Gasteiger partial charge in [-0.3, -0.25) is 0 Å². The molecular weight excluding hydrogens is 236 g/mol. The van der Waals surface area contributed by atoms with E-state index in [0.29, 0.717) is 0 Å². The number of rotatable bonds is 10. The predicted octanol–water partition coefficient (Wildman–Crippen LogP) is 5.04. The van der Waals surface area contributed by atoms with E-state index in [4.69, 9.17) is 9.47 Å². The molecule has 0 unspecified atom stereocenters. The minimum Gasteiger partial charge on any atom is -0.504 e. The van der Waals surface area contributed by atoms with Gasteiger partial charge in [-0.2, -0.15) is 0 Å². The highest BCUT2D eigenvalue weighted by Crippen LogP contribution is 2.14. The summed E-state index contributed by atoms with van der Waals surface area (Å²) in [6.45, 7) is 3.06. The summed E-state index contributed by atoms with van der Waals surface area (Å²) in [6, 6.07) is 8.08. The molecule has 0 aliphatic carbocycles. The van der Waals surface area contributed by atoms with Crippen molar-refractivity contribution in [3.63, 3.8) is 0 Å². The summed E-state index contributed by atoms with van der Waals surface area (Å²) in [5.74, 6) is 0.947. The van der Waals surface area contributed by atoms with Crippen LogP contribution in [0.15, 0.2) is 30.5 Å². The number of methoxy groups -OCH3 is 1. The zero-order valence-corrected chi connectivity index (χ0v) is 12.2. The van der Waals surface area contributed by atoms with E-state index in [1.807, 2.05) is 30.3 Å². The first-order chi connectivity index (χ1) is 9.36. The van der Waals surface area contributed by atoms with Crippen LogP contribution < -0.4 is 4.74 Å². The molecule has 2 nitrogen and oxygen atoms in total. The van der Waals surface area contributed by atoms with Gasteiger partial charge < -0.3 is 9.47 Å². The van der Waals surface area contributed by atoms with Crippen molar-refractivity contribution in [3.8, 4) is 5.75 Å². The Hall–Kier alpha value is -1.44. The Balaban J connectivity index is 2.14. The Kier molecular flexibility index (Phi) is 8.61. The normalized spacial score (nSPS) is 10.8. The van der Waals surface area contributed by atoms with Crippen LogP contribution in [0.3, 0.4) is 0 Å². The summed E-state index contributed by atoms with van der Waals surface area (Å²) in [5.41, 5.74) is 1.12. The maximum absolute atomic E-state index is 5.72. The van der Waals surface area contributed by atoms with Crippen molar-refractivity contribution in [2.45, 2.75) is 45.4 Å². The monoisotopic (exact) mass is 262 g/mol. The van der Waals surface area contributed by atoms with Crippen molar-refractivity contribution < 1.29 is 9.47 Å². The van der Waals surface area contributed by atoms with Gasteiger partial charge in [-0.1, -0.05) is 51.2 Å². The van der Waals surface area contributed by atoms with Crippen LogP contribution in [0, 0.1) is 0 Å². The standard InChI is InChI=1S/C17H26O2/c1-3-4-5-6-7-8-14-19-17-11-9-16(10-12-17)13-15-18-2/h9-13,15H,3-8,14H2,1-2H3/b15-13+. The van der Waals surface area contributed by atoms with E-state index in [2.05, 4.69) is 6.92 Å². The van der Waals surface area contributed by atoms with Crippen LogP contribution in [0.1, 0.15) is 51.0 Å². The van der Waals surface area contributed by atoms with Crippen LogP contribution in [-0.4, -0.2) is 13.7 Å². The number of hydrogen-bond acceptors (Lipinski definition) is 2. The zero-order chi connectivity index (χ0) is 13.8. The molecule has 0 atom stereocenters. The van der Waals surface area contributed by atoms with Gasteiger partial charge in [0.2, 0.25) is 0 Å². The molecule has 106 valence electrons. The van der Waals surface area contributed by atoms with E-state index >= 15 is 0 Å². The lowest BCUT2D eigenvalue weighted by Gasteiger charge is -2.06.